The van der Waals surface area contributed by atoms with Gasteiger partial charge in [-0.2, -0.15) is 5.26 Å². The van der Waals surface area contributed by atoms with Crippen LogP contribution in [0.25, 0.3) is 0 Å². The van der Waals surface area contributed by atoms with E-state index in [1.807, 2.05) is 6.07 Å². The predicted molar refractivity (Wildman–Crippen MR) is 81.0 cm³/mol. The van der Waals surface area contributed by atoms with Crippen molar-refractivity contribution in [1.82, 2.24) is 5.32 Å². The zero-order valence-electron chi connectivity index (χ0n) is 10.4. The summed E-state index contributed by atoms with van der Waals surface area (Å²) in [6, 6.07) is 14.1. The first-order chi connectivity index (χ1) is 9.60. The first kappa shape index (κ1) is 14.4. The van der Waals surface area contributed by atoms with Crippen LogP contribution in [-0.4, -0.2) is 5.91 Å². The maximum Gasteiger partial charge on any atom is 0.253 e. The molecule has 0 aliphatic heterocycles. The van der Waals surface area contributed by atoms with E-state index >= 15 is 0 Å². The van der Waals surface area contributed by atoms with Crippen LogP contribution in [0.1, 0.15) is 21.5 Å². The normalized spacial score (nSPS) is 9.85. The van der Waals surface area contributed by atoms with Gasteiger partial charge in [0.25, 0.3) is 5.91 Å². The van der Waals surface area contributed by atoms with E-state index in [1.54, 1.807) is 42.5 Å². The fourth-order valence-electron chi connectivity index (χ4n) is 1.66. The average Bonchev–Trinajstić information content (AvgIpc) is 2.47. The molecule has 0 atom stereocenters. The Morgan fingerprint density at radius 1 is 1.25 bits per heavy atom. The zero-order valence-corrected chi connectivity index (χ0v) is 12.1. The van der Waals surface area contributed by atoms with Crippen molar-refractivity contribution in [3.8, 4) is 6.07 Å². The van der Waals surface area contributed by atoms with E-state index in [-0.39, 0.29) is 5.91 Å². The standard InChI is InChI=1S/C15H11ClN2OS/c16-14-6-5-12(20)7-13(14)15(19)18-9-11-3-1-10(8-17)2-4-11/h1-7,20H,9H2,(H,18,19). The van der Waals surface area contributed by atoms with Gasteiger partial charge in [-0.05, 0) is 35.9 Å². The number of nitriles is 1. The highest BCUT2D eigenvalue weighted by Crippen LogP contribution is 2.19. The molecule has 1 N–H and O–H groups in total. The molecule has 1 amide bonds. The largest absolute Gasteiger partial charge is 0.348 e. The highest BCUT2D eigenvalue weighted by atomic mass is 35.5. The SMILES string of the molecule is N#Cc1ccc(CNC(=O)c2cc(S)ccc2Cl)cc1. The van der Waals surface area contributed by atoms with Crippen molar-refractivity contribution in [3.63, 3.8) is 0 Å². The van der Waals surface area contributed by atoms with Gasteiger partial charge in [0, 0.05) is 11.4 Å². The van der Waals surface area contributed by atoms with Gasteiger partial charge in [0.15, 0.2) is 0 Å². The van der Waals surface area contributed by atoms with Crippen molar-refractivity contribution < 1.29 is 4.79 Å². The minimum atomic E-state index is -0.254. The second kappa shape index (κ2) is 6.47. The summed E-state index contributed by atoms with van der Waals surface area (Å²) in [7, 11) is 0. The number of rotatable bonds is 3. The number of benzene rings is 2. The summed E-state index contributed by atoms with van der Waals surface area (Å²) in [6.45, 7) is 0.373. The molecule has 0 aromatic heterocycles. The summed E-state index contributed by atoms with van der Waals surface area (Å²) >= 11 is 10.2. The molecule has 0 saturated carbocycles. The second-order valence-electron chi connectivity index (χ2n) is 4.16. The molecule has 0 aliphatic rings. The minimum Gasteiger partial charge on any atom is -0.348 e. The summed E-state index contributed by atoms with van der Waals surface area (Å²) < 4.78 is 0. The smallest absolute Gasteiger partial charge is 0.253 e. The van der Waals surface area contributed by atoms with E-state index in [2.05, 4.69) is 17.9 Å². The Bertz CT molecular complexity index is 677. The van der Waals surface area contributed by atoms with E-state index < -0.39 is 0 Å². The Balaban J connectivity index is 2.04. The van der Waals surface area contributed by atoms with Crippen LogP contribution in [0, 0.1) is 11.3 Å². The van der Waals surface area contributed by atoms with Crippen LogP contribution in [0.4, 0.5) is 0 Å². The topological polar surface area (TPSA) is 52.9 Å². The van der Waals surface area contributed by atoms with Crippen LogP contribution in [0.15, 0.2) is 47.4 Å². The number of hydrogen-bond acceptors (Lipinski definition) is 3. The van der Waals surface area contributed by atoms with Crippen molar-refractivity contribution in [2.75, 3.05) is 0 Å². The molecule has 2 rings (SSSR count). The third-order valence-corrected chi connectivity index (χ3v) is 3.34. The van der Waals surface area contributed by atoms with Gasteiger partial charge >= 0.3 is 0 Å². The summed E-state index contributed by atoms with van der Waals surface area (Å²) in [4.78, 5) is 12.7. The van der Waals surface area contributed by atoms with Crippen LogP contribution in [-0.2, 0) is 6.54 Å². The Morgan fingerprint density at radius 2 is 1.95 bits per heavy atom. The number of thiol groups is 1. The van der Waals surface area contributed by atoms with Crippen LogP contribution < -0.4 is 5.32 Å². The van der Waals surface area contributed by atoms with Gasteiger partial charge in [0.05, 0.1) is 22.2 Å². The Labute approximate surface area is 127 Å². The molecule has 0 saturated heterocycles. The maximum absolute atomic E-state index is 12.0. The van der Waals surface area contributed by atoms with Gasteiger partial charge in [-0.1, -0.05) is 23.7 Å². The average molecular weight is 303 g/mol. The molecule has 100 valence electrons. The lowest BCUT2D eigenvalue weighted by atomic mass is 10.1. The highest BCUT2D eigenvalue weighted by molar-refractivity contribution is 7.80. The molecule has 2 aromatic rings. The number of hydrogen-bond donors (Lipinski definition) is 2. The van der Waals surface area contributed by atoms with Crippen molar-refractivity contribution >= 4 is 30.1 Å². The molecule has 20 heavy (non-hydrogen) atoms. The number of nitrogens with zero attached hydrogens (tertiary/aromatic N) is 1. The number of amides is 1. The molecule has 0 heterocycles. The molecule has 0 fully saturated rings. The molecule has 3 nitrogen and oxygen atoms in total. The lowest BCUT2D eigenvalue weighted by molar-refractivity contribution is 0.0951. The number of carbonyl (C=O) groups excluding carboxylic acids is 1. The molecule has 0 unspecified atom stereocenters. The molecule has 0 radical (unpaired) electrons. The summed E-state index contributed by atoms with van der Waals surface area (Å²) in [5.41, 5.74) is 1.90. The molecular formula is C15H11ClN2OS. The molecule has 0 aliphatic carbocycles. The molecule has 5 heteroatoms. The first-order valence-corrected chi connectivity index (χ1v) is 6.68. The highest BCUT2D eigenvalue weighted by Gasteiger charge is 2.10. The van der Waals surface area contributed by atoms with Crippen molar-refractivity contribution in [2.24, 2.45) is 0 Å². The van der Waals surface area contributed by atoms with E-state index in [4.69, 9.17) is 16.9 Å². The number of nitrogens with one attached hydrogen (secondary N) is 1. The summed E-state index contributed by atoms with van der Waals surface area (Å²) in [5.74, 6) is -0.254. The van der Waals surface area contributed by atoms with Crippen LogP contribution in [0.3, 0.4) is 0 Å². The molecule has 0 spiro atoms. The van der Waals surface area contributed by atoms with E-state index in [9.17, 15) is 4.79 Å². The third-order valence-electron chi connectivity index (χ3n) is 2.73. The Hall–Kier alpha value is -1.96. The number of halogens is 1. The van der Waals surface area contributed by atoms with Gasteiger partial charge in [0.1, 0.15) is 0 Å². The van der Waals surface area contributed by atoms with Crippen LogP contribution >= 0.6 is 24.2 Å². The quantitative estimate of drug-likeness (QED) is 0.854. The number of carbonyl (C=O) groups is 1. The van der Waals surface area contributed by atoms with E-state index in [0.717, 1.165) is 5.56 Å². The lowest BCUT2D eigenvalue weighted by Gasteiger charge is -2.07. The minimum absolute atomic E-state index is 0.254. The third kappa shape index (κ3) is 3.53. The monoisotopic (exact) mass is 302 g/mol. The van der Waals surface area contributed by atoms with Crippen LogP contribution in [0.5, 0.6) is 0 Å². The Morgan fingerprint density at radius 3 is 2.60 bits per heavy atom. The van der Waals surface area contributed by atoms with Crippen molar-refractivity contribution in [2.45, 2.75) is 11.4 Å². The van der Waals surface area contributed by atoms with Crippen molar-refractivity contribution in [1.29, 1.82) is 5.26 Å². The summed E-state index contributed by atoms with van der Waals surface area (Å²) in [6.07, 6.45) is 0. The van der Waals surface area contributed by atoms with Gasteiger partial charge in [0.2, 0.25) is 0 Å². The zero-order chi connectivity index (χ0) is 14.5. The fourth-order valence-corrected chi connectivity index (χ4v) is 2.07. The molecule has 2 aromatic carbocycles. The van der Waals surface area contributed by atoms with E-state index in [0.29, 0.717) is 27.6 Å². The second-order valence-corrected chi connectivity index (χ2v) is 5.08. The van der Waals surface area contributed by atoms with Crippen molar-refractivity contribution in [3.05, 3.63) is 64.2 Å². The molecular weight excluding hydrogens is 292 g/mol. The fraction of sp³-hybridized carbons (Fsp3) is 0.0667. The van der Waals surface area contributed by atoms with E-state index in [1.165, 1.54) is 0 Å². The van der Waals surface area contributed by atoms with Crippen LogP contribution in [0.2, 0.25) is 5.02 Å². The maximum atomic E-state index is 12.0. The molecule has 0 bridgehead atoms. The van der Waals surface area contributed by atoms with Gasteiger partial charge in [-0.3, -0.25) is 4.79 Å². The lowest BCUT2D eigenvalue weighted by Crippen LogP contribution is -2.23. The predicted octanol–water partition coefficient (Wildman–Crippen LogP) is 3.43. The van der Waals surface area contributed by atoms with Gasteiger partial charge in [-0.25, -0.2) is 0 Å². The summed E-state index contributed by atoms with van der Waals surface area (Å²) in [5, 5.41) is 11.9. The Kier molecular flexibility index (Phi) is 4.67. The first-order valence-electron chi connectivity index (χ1n) is 5.86. The van der Waals surface area contributed by atoms with Gasteiger partial charge < -0.3 is 5.32 Å². The van der Waals surface area contributed by atoms with Gasteiger partial charge in [-0.15, -0.1) is 12.6 Å².